The van der Waals surface area contributed by atoms with Gasteiger partial charge in [0.1, 0.15) is 0 Å². The molecule has 0 saturated heterocycles. The van der Waals surface area contributed by atoms with Crippen LogP contribution in [0.4, 0.5) is 0 Å². The van der Waals surface area contributed by atoms with Gasteiger partial charge in [0.25, 0.3) is 0 Å². The van der Waals surface area contributed by atoms with Crippen LogP contribution in [0, 0.1) is 28.6 Å². The number of methoxy groups -OCH3 is 1. The summed E-state index contributed by atoms with van der Waals surface area (Å²) in [6, 6.07) is 2.14. The molecule has 0 rings (SSSR count). The van der Waals surface area contributed by atoms with Gasteiger partial charge in [-0.15, -0.1) is 0 Å². The van der Waals surface area contributed by atoms with Crippen molar-refractivity contribution >= 4 is 5.90 Å². The maximum absolute atomic E-state index is 8.53. The van der Waals surface area contributed by atoms with Gasteiger partial charge in [-0.05, 0) is 12.8 Å². The highest BCUT2D eigenvalue weighted by Gasteiger charge is 2.13. The molecule has 1 N–H and O–H groups in total. The summed E-state index contributed by atoms with van der Waals surface area (Å²) in [6.07, 6.45) is 0.547. The van der Waals surface area contributed by atoms with E-state index in [0.717, 1.165) is 0 Å². The Balaban J connectivity index is 3.79. The van der Waals surface area contributed by atoms with Crippen molar-refractivity contribution in [2.45, 2.75) is 20.3 Å². The summed E-state index contributed by atoms with van der Waals surface area (Å²) in [5, 5.41) is 15.7. The Morgan fingerprint density at radius 3 is 2.55 bits per heavy atom. The van der Waals surface area contributed by atoms with E-state index < -0.39 is 0 Å². The van der Waals surface area contributed by atoms with Crippen molar-refractivity contribution in [1.29, 1.82) is 10.7 Å². The summed E-state index contributed by atoms with van der Waals surface area (Å²) in [5.74, 6) is 0.442. The van der Waals surface area contributed by atoms with Crippen LogP contribution in [0.1, 0.15) is 20.3 Å². The minimum atomic E-state index is -0.00880. The van der Waals surface area contributed by atoms with Crippen molar-refractivity contribution in [1.82, 2.24) is 0 Å². The predicted octanol–water partition coefficient (Wildman–Crippen LogP) is 1.80. The molecule has 62 valence electrons. The Kier molecular flexibility index (Phi) is 4.28. The van der Waals surface area contributed by atoms with Crippen LogP contribution in [0.25, 0.3) is 0 Å². The minimum absolute atomic E-state index is 0.00880. The fourth-order valence-corrected chi connectivity index (χ4v) is 0.680. The fourth-order valence-electron chi connectivity index (χ4n) is 0.680. The predicted molar refractivity (Wildman–Crippen MR) is 43.3 cm³/mol. The molecule has 0 fully saturated rings. The molecule has 0 aromatic rings. The lowest BCUT2D eigenvalue weighted by atomic mass is 9.94. The molecular weight excluding hydrogens is 140 g/mol. The maximum atomic E-state index is 8.53. The highest BCUT2D eigenvalue weighted by molar-refractivity contribution is 5.72. The first kappa shape index (κ1) is 9.96. The molecule has 2 atom stereocenters. The van der Waals surface area contributed by atoms with Crippen molar-refractivity contribution in [3.63, 3.8) is 0 Å². The average Bonchev–Trinajstić information content (AvgIpc) is 2.02. The van der Waals surface area contributed by atoms with E-state index in [0.29, 0.717) is 6.42 Å². The Labute approximate surface area is 67.5 Å². The Bertz CT molecular complexity index is 171. The summed E-state index contributed by atoms with van der Waals surface area (Å²) >= 11 is 0. The van der Waals surface area contributed by atoms with E-state index in [2.05, 4.69) is 10.8 Å². The molecule has 0 heterocycles. The van der Waals surface area contributed by atoms with Gasteiger partial charge in [0.15, 0.2) is 5.90 Å². The third-order valence-corrected chi connectivity index (χ3v) is 1.81. The normalized spacial score (nSPS) is 14.7. The molecule has 11 heavy (non-hydrogen) atoms. The van der Waals surface area contributed by atoms with Crippen molar-refractivity contribution in [3.8, 4) is 6.07 Å². The van der Waals surface area contributed by atoms with Crippen LogP contribution in [0.2, 0.25) is 0 Å². The fraction of sp³-hybridized carbons (Fsp3) is 0.750. The molecule has 0 aromatic carbocycles. The molecule has 0 spiro atoms. The lowest BCUT2D eigenvalue weighted by Gasteiger charge is -2.12. The summed E-state index contributed by atoms with van der Waals surface area (Å²) in [6.45, 7) is 3.80. The van der Waals surface area contributed by atoms with E-state index in [1.54, 1.807) is 0 Å². The molecule has 0 aromatic heterocycles. The number of rotatable bonds is 3. The quantitative estimate of drug-likeness (QED) is 0.497. The third kappa shape index (κ3) is 3.61. The minimum Gasteiger partial charge on any atom is -0.484 e. The van der Waals surface area contributed by atoms with Crippen molar-refractivity contribution < 1.29 is 4.74 Å². The second kappa shape index (κ2) is 4.73. The molecule has 0 amide bonds. The summed E-state index contributed by atoms with van der Waals surface area (Å²) < 4.78 is 4.69. The second-order valence-corrected chi connectivity index (χ2v) is 2.73. The Morgan fingerprint density at radius 1 is 1.64 bits per heavy atom. The van der Waals surface area contributed by atoms with Gasteiger partial charge in [0.2, 0.25) is 0 Å². The van der Waals surface area contributed by atoms with Gasteiger partial charge >= 0.3 is 0 Å². The molecule has 0 saturated carbocycles. The first-order valence-electron chi connectivity index (χ1n) is 3.62. The van der Waals surface area contributed by atoms with Crippen molar-refractivity contribution in [3.05, 3.63) is 0 Å². The van der Waals surface area contributed by atoms with Gasteiger partial charge < -0.3 is 4.74 Å². The largest absolute Gasteiger partial charge is 0.484 e. The molecule has 0 bridgehead atoms. The van der Waals surface area contributed by atoms with Crippen molar-refractivity contribution in [2.24, 2.45) is 11.8 Å². The van der Waals surface area contributed by atoms with Gasteiger partial charge in [0, 0.05) is 12.3 Å². The standard InChI is InChI=1S/C8H14N2O/c1-6(7(2)5-9)4-8(10)11-3/h6-7,10H,4H2,1-3H3/t6?,7-/m0/s1. The Morgan fingerprint density at radius 2 is 2.18 bits per heavy atom. The molecule has 1 unspecified atom stereocenters. The molecular formula is C8H14N2O. The van der Waals surface area contributed by atoms with Crippen LogP contribution < -0.4 is 0 Å². The molecule has 3 nitrogen and oxygen atoms in total. The van der Waals surface area contributed by atoms with E-state index in [9.17, 15) is 0 Å². The first-order chi connectivity index (χ1) is 5.11. The second-order valence-electron chi connectivity index (χ2n) is 2.73. The summed E-state index contributed by atoms with van der Waals surface area (Å²) in [5.41, 5.74) is 0. The lowest BCUT2D eigenvalue weighted by Crippen LogP contribution is -2.12. The number of nitriles is 1. The first-order valence-corrected chi connectivity index (χ1v) is 3.62. The van der Waals surface area contributed by atoms with Crippen molar-refractivity contribution in [2.75, 3.05) is 7.11 Å². The summed E-state index contributed by atoms with van der Waals surface area (Å²) in [7, 11) is 1.48. The topological polar surface area (TPSA) is 56.9 Å². The van der Waals surface area contributed by atoms with Crippen LogP contribution in [0.3, 0.4) is 0 Å². The molecule has 0 radical (unpaired) electrons. The Hall–Kier alpha value is -1.04. The van der Waals surface area contributed by atoms with Gasteiger partial charge in [-0.2, -0.15) is 5.26 Å². The van der Waals surface area contributed by atoms with Crippen LogP contribution in [0.15, 0.2) is 0 Å². The van der Waals surface area contributed by atoms with Gasteiger partial charge in [-0.3, -0.25) is 5.41 Å². The number of nitrogens with zero attached hydrogens (tertiary/aromatic N) is 1. The highest BCUT2D eigenvalue weighted by Crippen LogP contribution is 2.14. The van der Waals surface area contributed by atoms with Gasteiger partial charge in [0.05, 0.1) is 13.2 Å². The SMILES string of the molecule is COC(=N)CC(C)[C@@H](C)C#N. The van der Waals surface area contributed by atoms with Crippen LogP contribution in [0.5, 0.6) is 0 Å². The van der Waals surface area contributed by atoms with E-state index >= 15 is 0 Å². The third-order valence-electron chi connectivity index (χ3n) is 1.81. The zero-order valence-corrected chi connectivity index (χ0v) is 7.22. The zero-order valence-electron chi connectivity index (χ0n) is 7.22. The van der Waals surface area contributed by atoms with E-state index in [-0.39, 0.29) is 17.7 Å². The van der Waals surface area contributed by atoms with Crippen LogP contribution >= 0.6 is 0 Å². The monoisotopic (exact) mass is 154 g/mol. The number of hydrogen-bond donors (Lipinski definition) is 1. The average molecular weight is 154 g/mol. The van der Waals surface area contributed by atoms with E-state index in [4.69, 9.17) is 10.7 Å². The van der Waals surface area contributed by atoms with Gasteiger partial charge in [-0.25, -0.2) is 0 Å². The van der Waals surface area contributed by atoms with Crippen LogP contribution in [-0.4, -0.2) is 13.0 Å². The molecule has 0 aliphatic heterocycles. The molecule has 0 aliphatic carbocycles. The highest BCUT2D eigenvalue weighted by atomic mass is 16.5. The zero-order chi connectivity index (χ0) is 8.85. The van der Waals surface area contributed by atoms with E-state index in [1.165, 1.54) is 7.11 Å². The summed E-state index contributed by atoms with van der Waals surface area (Å²) in [4.78, 5) is 0. The smallest absolute Gasteiger partial charge is 0.180 e. The molecule has 3 heteroatoms. The number of nitrogens with one attached hydrogen (secondary N) is 1. The van der Waals surface area contributed by atoms with Gasteiger partial charge in [-0.1, -0.05) is 6.92 Å². The molecule has 0 aliphatic rings. The number of hydrogen-bond acceptors (Lipinski definition) is 3. The lowest BCUT2D eigenvalue weighted by molar-refractivity contribution is 0.360. The number of ether oxygens (including phenoxy) is 1. The van der Waals surface area contributed by atoms with E-state index in [1.807, 2.05) is 13.8 Å². The van der Waals surface area contributed by atoms with Crippen LogP contribution in [-0.2, 0) is 4.74 Å². The maximum Gasteiger partial charge on any atom is 0.180 e.